The monoisotopic (exact) mass is 358 g/mol. The van der Waals surface area contributed by atoms with Crippen LogP contribution in [0.3, 0.4) is 0 Å². The minimum atomic E-state index is 0.338. The molecule has 26 heavy (non-hydrogen) atoms. The molecule has 142 valence electrons. The Morgan fingerprint density at radius 1 is 1.35 bits per heavy atom. The molecule has 7 heteroatoms. The fourth-order valence-corrected chi connectivity index (χ4v) is 2.43. The van der Waals surface area contributed by atoms with E-state index in [4.69, 9.17) is 10.5 Å². The van der Waals surface area contributed by atoms with Crippen molar-refractivity contribution in [1.82, 2.24) is 15.3 Å². The number of likely N-dealkylation sites (N-methyl/N-ethyl adjacent to an activating group) is 1. The molecule has 0 radical (unpaired) electrons. The highest BCUT2D eigenvalue weighted by Crippen LogP contribution is 2.22. The molecule has 1 aromatic carbocycles. The van der Waals surface area contributed by atoms with Crippen LogP contribution in [0.2, 0.25) is 0 Å². The number of guanidine groups is 1. The van der Waals surface area contributed by atoms with Crippen molar-refractivity contribution >= 4 is 23.1 Å². The molecule has 0 atom stereocenters. The zero-order valence-electron chi connectivity index (χ0n) is 16.0. The minimum Gasteiger partial charge on any atom is -0.492 e. The average Bonchev–Trinajstić information content (AvgIpc) is 3.01. The van der Waals surface area contributed by atoms with Crippen molar-refractivity contribution in [3.63, 3.8) is 0 Å². The summed E-state index contributed by atoms with van der Waals surface area (Å²) in [6, 6.07) is 5.99. The Morgan fingerprint density at radius 2 is 2.19 bits per heavy atom. The highest BCUT2D eigenvalue weighted by molar-refractivity contribution is 5.99. The summed E-state index contributed by atoms with van der Waals surface area (Å²) in [6.07, 6.45) is 7.02. The molecular weight excluding hydrogens is 328 g/mol. The van der Waals surface area contributed by atoms with Crippen LogP contribution in [-0.2, 0) is 0 Å². The van der Waals surface area contributed by atoms with E-state index in [9.17, 15) is 0 Å². The van der Waals surface area contributed by atoms with Crippen molar-refractivity contribution < 1.29 is 4.74 Å². The molecule has 2 aromatic rings. The van der Waals surface area contributed by atoms with Gasteiger partial charge in [0.15, 0.2) is 0 Å². The maximum Gasteiger partial charge on any atom is 0.209 e. The van der Waals surface area contributed by atoms with E-state index in [2.05, 4.69) is 32.3 Å². The van der Waals surface area contributed by atoms with Crippen LogP contribution in [0.4, 0.5) is 0 Å². The van der Waals surface area contributed by atoms with Crippen molar-refractivity contribution in [2.24, 2.45) is 15.8 Å². The summed E-state index contributed by atoms with van der Waals surface area (Å²) in [7, 11) is 4.05. The smallest absolute Gasteiger partial charge is 0.209 e. The van der Waals surface area contributed by atoms with E-state index >= 15 is 0 Å². The topological polar surface area (TPSA) is 91.0 Å². The molecule has 0 amide bonds. The standard InChI is InChI=1S/C19H30N6O/c1-4-5-6-9-21-19(20)24-23-14-15-13-22-18-8-7-16(12-17(15)18)26-11-10-25(2)3/h7-8,12-14,22H,4-6,9-11H2,1-3H3,(H3,20,21,24)/b23-14+. The van der Waals surface area contributed by atoms with E-state index in [1.165, 1.54) is 6.42 Å². The van der Waals surface area contributed by atoms with Gasteiger partial charge in [0.2, 0.25) is 5.96 Å². The maximum absolute atomic E-state index is 5.80. The number of ether oxygens (including phenoxy) is 1. The first-order valence-electron chi connectivity index (χ1n) is 9.07. The molecule has 0 unspecified atom stereocenters. The molecule has 0 spiro atoms. The summed E-state index contributed by atoms with van der Waals surface area (Å²) in [4.78, 5) is 9.56. The van der Waals surface area contributed by atoms with Gasteiger partial charge in [-0.2, -0.15) is 5.10 Å². The van der Waals surface area contributed by atoms with E-state index in [1.54, 1.807) is 6.21 Å². The van der Waals surface area contributed by atoms with Gasteiger partial charge in [-0.25, -0.2) is 5.43 Å². The molecule has 0 aliphatic carbocycles. The average molecular weight is 358 g/mol. The second-order valence-electron chi connectivity index (χ2n) is 6.45. The molecule has 1 aromatic heterocycles. The van der Waals surface area contributed by atoms with Crippen molar-refractivity contribution in [2.45, 2.75) is 26.2 Å². The molecular formula is C19H30N6O. The Kier molecular flexibility index (Phi) is 7.95. The number of hydrazone groups is 1. The zero-order chi connectivity index (χ0) is 18.8. The lowest BCUT2D eigenvalue weighted by Crippen LogP contribution is -2.27. The summed E-state index contributed by atoms with van der Waals surface area (Å²) in [6.45, 7) is 4.41. The Bertz CT molecular complexity index is 735. The highest BCUT2D eigenvalue weighted by Gasteiger charge is 2.04. The van der Waals surface area contributed by atoms with Gasteiger partial charge in [0, 0.05) is 35.8 Å². The number of fused-ring (bicyclic) bond motifs is 1. The molecule has 0 bridgehead atoms. The van der Waals surface area contributed by atoms with Crippen LogP contribution >= 0.6 is 0 Å². The Hall–Kier alpha value is -2.54. The molecule has 1 heterocycles. The fraction of sp³-hybridized carbons (Fsp3) is 0.474. The summed E-state index contributed by atoms with van der Waals surface area (Å²) >= 11 is 0. The first-order chi connectivity index (χ1) is 12.6. The molecule has 0 saturated carbocycles. The van der Waals surface area contributed by atoms with Gasteiger partial charge < -0.3 is 20.4 Å². The third-order valence-corrected chi connectivity index (χ3v) is 3.92. The molecule has 0 aliphatic rings. The molecule has 2 rings (SSSR count). The third kappa shape index (κ3) is 6.40. The number of benzene rings is 1. The van der Waals surface area contributed by atoms with Crippen molar-refractivity contribution in [2.75, 3.05) is 33.8 Å². The lowest BCUT2D eigenvalue weighted by atomic mass is 10.2. The number of rotatable bonds is 10. The van der Waals surface area contributed by atoms with E-state index in [0.717, 1.165) is 48.1 Å². The molecule has 4 N–H and O–H groups in total. The molecule has 0 fully saturated rings. The number of aliphatic imine (C=N–C) groups is 1. The highest BCUT2D eigenvalue weighted by atomic mass is 16.5. The van der Waals surface area contributed by atoms with Crippen molar-refractivity contribution in [3.8, 4) is 5.75 Å². The number of nitrogens with one attached hydrogen (secondary N) is 2. The van der Waals surface area contributed by atoms with Gasteiger partial charge in [0.05, 0.1) is 6.21 Å². The summed E-state index contributed by atoms with van der Waals surface area (Å²) in [5.41, 5.74) is 10.6. The quantitative estimate of drug-likeness (QED) is 0.263. The third-order valence-electron chi connectivity index (χ3n) is 3.92. The fourth-order valence-electron chi connectivity index (χ4n) is 2.43. The lowest BCUT2D eigenvalue weighted by molar-refractivity contribution is 0.261. The summed E-state index contributed by atoms with van der Waals surface area (Å²) < 4.78 is 5.80. The SMILES string of the molecule is CCCCCN=C(N)N/N=C/c1c[nH]c2ccc(OCCN(C)C)cc12. The Balaban J connectivity index is 1.96. The number of hydrogen-bond acceptors (Lipinski definition) is 4. The van der Waals surface area contributed by atoms with Gasteiger partial charge in [-0.1, -0.05) is 19.8 Å². The zero-order valence-corrected chi connectivity index (χ0v) is 16.0. The van der Waals surface area contributed by atoms with Gasteiger partial charge >= 0.3 is 0 Å². The van der Waals surface area contributed by atoms with Crippen LogP contribution in [0.1, 0.15) is 31.7 Å². The largest absolute Gasteiger partial charge is 0.492 e. The number of H-pyrrole nitrogens is 1. The number of nitrogens with zero attached hydrogens (tertiary/aromatic N) is 3. The number of unbranched alkanes of at least 4 members (excludes halogenated alkanes) is 2. The van der Waals surface area contributed by atoms with E-state index < -0.39 is 0 Å². The Labute approximate surface area is 155 Å². The van der Waals surface area contributed by atoms with Crippen LogP contribution in [-0.4, -0.2) is 55.8 Å². The number of aromatic nitrogens is 1. The van der Waals surface area contributed by atoms with E-state index in [0.29, 0.717) is 12.6 Å². The van der Waals surface area contributed by atoms with Crippen molar-refractivity contribution in [1.29, 1.82) is 0 Å². The molecule has 7 nitrogen and oxygen atoms in total. The predicted molar refractivity (Wildman–Crippen MR) is 109 cm³/mol. The van der Waals surface area contributed by atoms with Gasteiger partial charge in [0.1, 0.15) is 12.4 Å². The van der Waals surface area contributed by atoms with Crippen LogP contribution in [0.5, 0.6) is 5.75 Å². The van der Waals surface area contributed by atoms with Gasteiger partial charge in [-0.15, -0.1) is 0 Å². The number of nitrogens with two attached hydrogens (primary N) is 1. The summed E-state index contributed by atoms with van der Waals surface area (Å²) in [5, 5.41) is 5.23. The van der Waals surface area contributed by atoms with Crippen LogP contribution in [0.25, 0.3) is 10.9 Å². The number of hydrogen-bond donors (Lipinski definition) is 3. The van der Waals surface area contributed by atoms with Gasteiger partial charge in [-0.05, 0) is 38.7 Å². The maximum atomic E-state index is 5.80. The lowest BCUT2D eigenvalue weighted by Gasteiger charge is -2.11. The minimum absolute atomic E-state index is 0.338. The van der Waals surface area contributed by atoms with Gasteiger partial charge in [0.25, 0.3) is 0 Å². The van der Waals surface area contributed by atoms with Crippen LogP contribution in [0, 0.1) is 0 Å². The van der Waals surface area contributed by atoms with E-state index in [1.807, 2.05) is 38.5 Å². The first-order valence-corrected chi connectivity index (χ1v) is 9.07. The normalized spacial score (nSPS) is 12.4. The second-order valence-corrected chi connectivity index (χ2v) is 6.45. The van der Waals surface area contributed by atoms with Crippen molar-refractivity contribution in [3.05, 3.63) is 30.0 Å². The number of aromatic amines is 1. The second kappa shape index (κ2) is 10.5. The van der Waals surface area contributed by atoms with Crippen LogP contribution in [0.15, 0.2) is 34.5 Å². The molecule has 0 aliphatic heterocycles. The Morgan fingerprint density at radius 3 is 2.96 bits per heavy atom. The van der Waals surface area contributed by atoms with E-state index in [-0.39, 0.29) is 0 Å². The van der Waals surface area contributed by atoms with Crippen LogP contribution < -0.4 is 15.9 Å². The van der Waals surface area contributed by atoms with Gasteiger partial charge in [-0.3, -0.25) is 4.99 Å². The molecule has 0 saturated heterocycles. The first kappa shape index (κ1) is 19.8. The predicted octanol–water partition coefficient (Wildman–Crippen LogP) is 2.54. The summed E-state index contributed by atoms with van der Waals surface area (Å²) in [5.74, 6) is 1.18.